The SMILES string of the molecule is CCC(C)(F)C(OO)C1CC2CC(CC(O)(C(F)(F)F)C(F)(F)F)C1C2. The van der Waals surface area contributed by atoms with Crippen molar-refractivity contribution in [3.05, 3.63) is 0 Å². The quantitative estimate of drug-likeness (QED) is 0.382. The molecule has 2 bridgehead atoms. The standard InChI is InChI=1S/C16H23F7O3/c1-3-13(2,17)12(26-25)11-6-8-4-9(10(11)5-8)7-14(24,15(18,19)20)16(21,22)23/h8-12,24-25H,3-7H2,1-2H3. The molecule has 0 aromatic heterocycles. The molecule has 2 fully saturated rings. The molecule has 2 aliphatic rings. The molecule has 6 unspecified atom stereocenters. The van der Waals surface area contributed by atoms with Crippen molar-refractivity contribution < 1.29 is 46.0 Å². The van der Waals surface area contributed by atoms with Gasteiger partial charge in [0.15, 0.2) is 0 Å². The Kier molecular flexibility index (Phi) is 5.65. The minimum atomic E-state index is -5.87. The Bertz CT molecular complexity index is 489. The van der Waals surface area contributed by atoms with Crippen LogP contribution in [0.4, 0.5) is 30.7 Å². The maximum atomic E-state index is 14.6. The van der Waals surface area contributed by atoms with Gasteiger partial charge in [0.1, 0.15) is 11.8 Å². The third-order valence-corrected chi connectivity index (χ3v) is 6.29. The first-order valence-corrected chi connectivity index (χ1v) is 8.53. The van der Waals surface area contributed by atoms with Gasteiger partial charge in [0, 0.05) is 0 Å². The predicted octanol–water partition coefficient (Wildman–Crippen LogP) is 4.89. The van der Waals surface area contributed by atoms with E-state index in [2.05, 4.69) is 4.89 Å². The van der Waals surface area contributed by atoms with E-state index in [0.29, 0.717) is 12.8 Å². The van der Waals surface area contributed by atoms with E-state index in [1.54, 1.807) is 0 Å². The number of halogens is 7. The van der Waals surface area contributed by atoms with Gasteiger partial charge in [-0.05, 0) is 62.7 Å². The largest absolute Gasteiger partial charge is 0.426 e. The van der Waals surface area contributed by atoms with E-state index < -0.39 is 53.9 Å². The van der Waals surface area contributed by atoms with Gasteiger partial charge in [-0.3, -0.25) is 5.26 Å². The highest BCUT2D eigenvalue weighted by Gasteiger charge is 2.71. The topological polar surface area (TPSA) is 49.7 Å². The lowest BCUT2D eigenvalue weighted by Crippen LogP contribution is -2.58. The van der Waals surface area contributed by atoms with Gasteiger partial charge in [-0.1, -0.05) is 6.92 Å². The van der Waals surface area contributed by atoms with Crippen molar-refractivity contribution >= 4 is 0 Å². The van der Waals surface area contributed by atoms with Gasteiger partial charge in [-0.25, -0.2) is 9.28 Å². The average molecular weight is 396 g/mol. The maximum absolute atomic E-state index is 14.6. The van der Waals surface area contributed by atoms with Crippen LogP contribution >= 0.6 is 0 Å². The van der Waals surface area contributed by atoms with Crippen LogP contribution in [0.15, 0.2) is 0 Å². The Hall–Kier alpha value is -0.610. The zero-order valence-electron chi connectivity index (χ0n) is 14.4. The van der Waals surface area contributed by atoms with Crippen molar-refractivity contribution in [2.75, 3.05) is 0 Å². The predicted molar refractivity (Wildman–Crippen MR) is 76.8 cm³/mol. The van der Waals surface area contributed by atoms with Gasteiger partial charge in [0.2, 0.25) is 0 Å². The molecule has 0 aromatic carbocycles. The molecule has 0 saturated heterocycles. The van der Waals surface area contributed by atoms with Crippen LogP contribution in [0, 0.1) is 23.7 Å². The Morgan fingerprint density at radius 3 is 1.92 bits per heavy atom. The molecule has 0 amide bonds. The zero-order chi connectivity index (χ0) is 20.1. The van der Waals surface area contributed by atoms with Crippen LogP contribution in [-0.2, 0) is 4.89 Å². The van der Waals surface area contributed by atoms with Crippen molar-refractivity contribution in [3.63, 3.8) is 0 Å². The first-order valence-electron chi connectivity index (χ1n) is 8.53. The van der Waals surface area contributed by atoms with E-state index in [4.69, 9.17) is 5.26 Å². The first-order chi connectivity index (χ1) is 11.7. The van der Waals surface area contributed by atoms with Crippen LogP contribution in [0.2, 0.25) is 0 Å². The highest BCUT2D eigenvalue weighted by Crippen LogP contribution is 2.59. The molecule has 10 heteroatoms. The van der Waals surface area contributed by atoms with Gasteiger partial charge in [-0.2, -0.15) is 26.3 Å². The van der Waals surface area contributed by atoms with E-state index in [1.807, 2.05) is 0 Å². The second-order valence-electron chi connectivity index (χ2n) is 7.88. The van der Waals surface area contributed by atoms with Gasteiger partial charge < -0.3 is 5.11 Å². The van der Waals surface area contributed by atoms with E-state index in [9.17, 15) is 35.8 Å². The summed E-state index contributed by atoms with van der Waals surface area (Å²) in [4.78, 5) is 4.27. The molecule has 2 saturated carbocycles. The molecule has 3 nitrogen and oxygen atoms in total. The van der Waals surface area contributed by atoms with Crippen LogP contribution < -0.4 is 0 Å². The van der Waals surface area contributed by atoms with E-state index in [-0.39, 0.29) is 18.8 Å². The second kappa shape index (κ2) is 6.77. The summed E-state index contributed by atoms with van der Waals surface area (Å²) < 4.78 is 92.4. The van der Waals surface area contributed by atoms with Crippen molar-refractivity contribution in [2.45, 2.75) is 75.7 Å². The van der Waals surface area contributed by atoms with Gasteiger partial charge >= 0.3 is 12.4 Å². The summed E-state index contributed by atoms with van der Waals surface area (Å²) in [5.74, 6) is -2.65. The lowest BCUT2D eigenvalue weighted by molar-refractivity contribution is -0.374. The normalized spacial score (nSPS) is 33.3. The maximum Gasteiger partial charge on any atom is 0.426 e. The molecular weight excluding hydrogens is 373 g/mol. The minimum absolute atomic E-state index is 0.0359. The summed E-state index contributed by atoms with van der Waals surface area (Å²) in [6, 6.07) is 0. The molecule has 0 radical (unpaired) electrons. The molecule has 0 aliphatic heterocycles. The summed E-state index contributed by atoms with van der Waals surface area (Å²) in [5.41, 5.74) is -6.78. The number of alkyl halides is 7. The van der Waals surface area contributed by atoms with Crippen molar-refractivity contribution in [1.29, 1.82) is 0 Å². The minimum Gasteiger partial charge on any atom is -0.374 e. The van der Waals surface area contributed by atoms with Crippen molar-refractivity contribution in [3.8, 4) is 0 Å². The monoisotopic (exact) mass is 396 g/mol. The lowest BCUT2D eigenvalue weighted by Gasteiger charge is -2.41. The molecule has 0 spiro atoms. The highest BCUT2D eigenvalue weighted by molar-refractivity contribution is 5.05. The highest BCUT2D eigenvalue weighted by atomic mass is 19.4. The van der Waals surface area contributed by atoms with E-state index in [1.165, 1.54) is 13.8 Å². The Balaban J connectivity index is 2.25. The Morgan fingerprint density at radius 1 is 1.00 bits per heavy atom. The fourth-order valence-electron chi connectivity index (χ4n) is 4.74. The summed E-state index contributed by atoms with van der Waals surface area (Å²) in [6.45, 7) is 2.68. The molecule has 0 aromatic rings. The smallest absolute Gasteiger partial charge is 0.374 e. The van der Waals surface area contributed by atoms with Crippen LogP contribution in [0.25, 0.3) is 0 Å². The first kappa shape index (κ1) is 21.7. The van der Waals surface area contributed by atoms with Gasteiger partial charge in [-0.15, -0.1) is 0 Å². The summed E-state index contributed by atoms with van der Waals surface area (Å²) >= 11 is 0. The van der Waals surface area contributed by atoms with E-state index in [0.717, 1.165) is 0 Å². The Labute approximate surface area is 146 Å². The Morgan fingerprint density at radius 2 is 1.54 bits per heavy atom. The van der Waals surface area contributed by atoms with Crippen LogP contribution in [0.1, 0.15) is 46.0 Å². The zero-order valence-corrected chi connectivity index (χ0v) is 14.4. The molecule has 6 atom stereocenters. The molecule has 2 aliphatic carbocycles. The third kappa shape index (κ3) is 3.56. The number of hydrogen-bond donors (Lipinski definition) is 2. The fraction of sp³-hybridized carbons (Fsp3) is 1.00. The average Bonchev–Trinajstić information content (AvgIpc) is 3.05. The van der Waals surface area contributed by atoms with Gasteiger partial charge in [0.25, 0.3) is 5.60 Å². The summed E-state index contributed by atoms with van der Waals surface area (Å²) in [6.07, 6.45) is -13.8. The number of rotatable bonds is 6. The molecule has 154 valence electrons. The number of aliphatic hydroxyl groups is 1. The molecular formula is C16H23F7O3. The number of hydrogen-bond acceptors (Lipinski definition) is 3. The van der Waals surface area contributed by atoms with Crippen molar-refractivity contribution in [1.82, 2.24) is 0 Å². The van der Waals surface area contributed by atoms with Crippen LogP contribution in [0.3, 0.4) is 0 Å². The summed E-state index contributed by atoms with van der Waals surface area (Å²) in [7, 11) is 0. The molecule has 2 rings (SSSR count). The van der Waals surface area contributed by atoms with Gasteiger partial charge in [0.05, 0.1) is 0 Å². The van der Waals surface area contributed by atoms with Crippen LogP contribution in [0.5, 0.6) is 0 Å². The van der Waals surface area contributed by atoms with Crippen LogP contribution in [-0.4, -0.2) is 40.1 Å². The second-order valence-corrected chi connectivity index (χ2v) is 7.88. The lowest BCUT2D eigenvalue weighted by atomic mass is 9.70. The summed E-state index contributed by atoms with van der Waals surface area (Å²) in [5, 5.41) is 18.6. The molecule has 0 heterocycles. The van der Waals surface area contributed by atoms with Crippen molar-refractivity contribution in [2.24, 2.45) is 23.7 Å². The third-order valence-electron chi connectivity index (χ3n) is 6.29. The molecule has 26 heavy (non-hydrogen) atoms. The van der Waals surface area contributed by atoms with E-state index >= 15 is 0 Å². The fourth-order valence-corrected chi connectivity index (χ4v) is 4.74. The molecule has 2 N–H and O–H groups in total. The number of fused-ring (bicyclic) bond motifs is 2.